The van der Waals surface area contributed by atoms with Crippen molar-refractivity contribution < 1.29 is 9.85 Å². The zero-order valence-electron chi connectivity index (χ0n) is 17.2. The summed E-state index contributed by atoms with van der Waals surface area (Å²) >= 11 is 0. The Hall–Kier alpha value is -4.26. The van der Waals surface area contributed by atoms with Crippen LogP contribution in [0.25, 0.3) is 10.8 Å². The number of nitrogens with one attached hydrogen (secondary N) is 1. The van der Waals surface area contributed by atoms with Crippen molar-refractivity contribution in [3.05, 3.63) is 122 Å². The van der Waals surface area contributed by atoms with Crippen molar-refractivity contribution >= 4 is 27.8 Å². The number of aryl methyl sites for hydroxylation is 2. The SMILES string of the molecule is O=[N+]([O-])c1c(CCc2ccccc2)ccc2c([N+](=O)[O-])c(NCc3ccccc3)ccc12. The van der Waals surface area contributed by atoms with Crippen molar-refractivity contribution in [1.82, 2.24) is 0 Å². The Bertz CT molecular complexity index is 1170. The van der Waals surface area contributed by atoms with Crippen LogP contribution in [0.1, 0.15) is 16.7 Å². The molecule has 4 aromatic rings. The van der Waals surface area contributed by atoms with Crippen LogP contribution in [0.2, 0.25) is 0 Å². The average molecular weight is 427 g/mol. The minimum absolute atomic E-state index is 0.0730. The van der Waals surface area contributed by atoms with E-state index >= 15 is 0 Å². The standard InChI is InChI=1S/C25H21N3O4/c29-27(30)24-20(12-11-18-7-3-1-4-8-18)13-14-22-21(24)15-16-23(25(22)28(31)32)26-17-19-9-5-2-6-10-19/h1-10,13-16,26H,11-12,17H2. The van der Waals surface area contributed by atoms with Gasteiger partial charge in [-0.05, 0) is 42.2 Å². The van der Waals surface area contributed by atoms with Crippen LogP contribution >= 0.6 is 0 Å². The van der Waals surface area contributed by atoms with Crippen molar-refractivity contribution in [2.24, 2.45) is 0 Å². The minimum atomic E-state index is -0.483. The molecule has 0 radical (unpaired) electrons. The first-order chi connectivity index (χ1) is 15.5. The Morgan fingerprint density at radius 2 is 1.19 bits per heavy atom. The number of hydrogen-bond acceptors (Lipinski definition) is 5. The lowest BCUT2D eigenvalue weighted by Gasteiger charge is -2.11. The van der Waals surface area contributed by atoms with Crippen LogP contribution in [0.4, 0.5) is 17.1 Å². The van der Waals surface area contributed by atoms with Crippen molar-refractivity contribution in [1.29, 1.82) is 0 Å². The molecule has 7 heteroatoms. The normalized spacial score (nSPS) is 10.8. The summed E-state index contributed by atoms with van der Waals surface area (Å²) in [6.07, 6.45) is 1.12. The van der Waals surface area contributed by atoms with Gasteiger partial charge in [-0.1, -0.05) is 66.7 Å². The van der Waals surface area contributed by atoms with Crippen molar-refractivity contribution in [3.63, 3.8) is 0 Å². The lowest BCUT2D eigenvalue weighted by atomic mass is 9.97. The molecule has 0 aliphatic carbocycles. The molecule has 0 amide bonds. The average Bonchev–Trinajstić information content (AvgIpc) is 2.81. The molecule has 0 heterocycles. The number of benzene rings is 4. The molecule has 160 valence electrons. The topological polar surface area (TPSA) is 98.3 Å². The molecule has 0 saturated carbocycles. The van der Waals surface area contributed by atoms with Crippen molar-refractivity contribution in [3.8, 4) is 0 Å². The molecule has 7 nitrogen and oxygen atoms in total. The quantitative estimate of drug-likeness (QED) is 0.272. The molecule has 4 rings (SSSR count). The molecule has 32 heavy (non-hydrogen) atoms. The third-order valence-electron chi connectivity index (χ3n) is 5.44. The maximum atomic E-state index is 11.9. The second-order valence-electron chi connectivity index (χ2n) is 7.47. The van der Waals surface area contributed by atoms with Gasteiger partial charge in [-0.3, -0.25) is 20.2 Å². The molecule has 0 aliphatic rings. The predicted octanol–water partition coefficient (Wildman–Crippen LogP) is 6.05. The van der Waals surface area contributed by atoms with Gasteiger partial charge in [-0.25, -0.2) is 0 Å². The number of hydrogen-bond donors (Lipinski definition) is 1. The predicted molar refractivity (Wildman–Crippen MR) is 125 cm³/mol. The van der Waals surface area contributed by atoms with Crippen LogP contribution in [0.15, 0.2) is 84.9 Å². The minimum Gasteiger partial charge on any atom is -0.375 e. The van der Waals surface area contributed by atoms with Gasteiger partial charge < -0.3 is 5.32 Å². The van der Waals surface area contributed by atoms with Crippen LogP contribution in [-0.2, 0) is 19.4 Å². The third-order valence-corrected chi connectivity index (χ3v) is 5.44. The third kappa shape index (κ3) is 4.41. The molecule has 0 atom stereocenters. The molecule has 1 N–H and O–H groups in total. The molecule has 0 unspecified atom stereocenters. The van der Waals surface area contributed by atoms with E-state index in [1.807, 2.05) is 60.7 Å². The lowest BCUT2D eigenvalue weighted by Crippen LogP contribution is -2.04. The molecule has 4 aromatic carbocycles. The molecular weight excluding hydrogens is 406 g/mol. The monoisotopic (exact) mass is 427 g/mol. The maximum Gasteiger partial charge on any atom is 0.300 e. The fraction of sp³-hybridized carbons (Fsp3) is 0.120. The number of nitrogens with zero attached hydrogens (tertiary/aromatic N) is 2. The summed E-state index contributed by atoms with van der Waals surface area (Å²) in [7, 11) is 0. The Kier molecular flexibility index (Phi) is 6.07. The van der Waals surface area contributed by atoms with Crippen LogP contribution in [0.5, 0.6) is 0 Å². The highest BCUT2D eigenvalue weighted by Crippen LogP contribution is 2.39. The van der Waals surface area contributed by atoms with E-state index in [1.54, 1.807) is 24.3 Å². The molecule has 0 saturated heterocycles. The van der Waals surface area contributed by atoms with E-state index in [4.69, 9.17) is 0 Å². The number of anilines is 1. The highest BCUT2D eigenvalue weighted by molar-refractivity contribution is 6.02. The molecule has 0 aromatic heterocycles. The number of nitro groups is 2. The van der Waals surface area contributed by atoms with Crippen molar-refractivity contribution in [2.75, 3.05) is 5.32 Å². The Morgan fingerprint density at radius 3 is 1.81 bits per heavy atom. The van der Waals surface area contributed by atoms with Gasteiger partial charge in [0.2, 0.25) is 0 Å². The van der Waals surface area contributed by atoms with Gasteiger partial charge in [-0.15, -0.1) is 0 Å². The van der Waals surface area contributed by atoms with Gasteiger partial charge in [0.25, 0.3) is 11.4 Å². The van der Waals surface area contributed by atoms with Gasteiger partial charge in [0.15, 0.2) is 0 Å². The van der Waals surface area contributed by atoms with Crippen LogP contribution in [0.3, 0.4) is 0 Å². The zero-order chi connectivity index (χ0) is 22.5. The lowest BCUT2D eigenvalue weighted by molar-refractivity contribution is -0.384. The first kappa shape index (κ1) is 21.0. The van der Waals surface area contributed by atoms with Crippen LogP contribution < -0.4 is 5.32 Å². The van der Waals surface area contributed by atoms with E-state index in [9.17, 15) is 20.2 Å². The number of nitro benzene ring substituents is 2. The summed E-state index contributed by atoms with van der Waals surface area (Å²) in [5, 5.41) is 27.5. The second kappa shape index (κ2) is 9.26. The summed E-state index contributed by atoms with van der Waals surface area (Å²) in [5.41, 5.74) is 2.72. The fourth-order valence-corrected chi connectivity index (χ4v) is 3.89. The molecule has 0 spiro atoms. The highest BCUT2D eigenvalue weighted by Gasteiger charge is 2.25. The van der Waals surface area contributed by atoms with E-state index in [2.05, 4.69) is 5.32 Å². The van der Waals surface area contributed by atoms with E-state index in [0.717, 1.165) is 11.1 Å². The Morgan fingerprint density at radius 1 is 0.625 bits per heavy atom. The van der Waals surface area contributed by atoms with Gasteiger partial charge in [0.05, 0.1) is 20.6 Å². The highest BCUT2D eigenvalue weighted by atomic mass is 16.6. The summed E-state index contributed by atoms with van der Waals surface area (Å²) < 4.78 is 0. The van der Waals surface area contributed by atoms with E-state index in [1.165, 1.54) is 0 Å². The van der Waals surface area contributed by atoms with Crippen LogP contribution in [0, 0.1) is 20.2 Å². The van der Waals surface area contributed by atoms with Crippen molar-refractivity contribution in [2.45, 2.75) is 19.4 Å². The largest absolute Gasteiger partial charge is 0.375 e. The summed E-state index contributed by atoms with van der Waals surface area (Å²) in [4.78, 5) is 22.9. The molecule has 0 fully saturated rings. The van der Waals surface area contributed by atoms with E-state index in [0.29, 0.717) is 30.6 Å². The first-order valence-corrected chi connectivity index (χ1v) is 10.2. The van der Waals surface area contributed by atoms with Crippen LogP contribution in [-0.4, -0.2) is 9.85 Å². The Labute approximate surface area is 184 Å². The summed E-state index contributed by atoms with van der Waals surface area (Å²) in [6.45, 7) is 0.407. The second-order valence-corrected chi connectivity index (χ2v) is 7.47. The Balaban J connectivity index is 1.72. The smallest absolute Gasteiger partial charge is 0.300 e. The summed E-state index contributed by atoms with van der Waals surface area (Å²) in [5.74, 6) is 0. The van der Waals surface area contributed by atoms with Gasteiger partial charge in [0.1, 0.15) is 5.69 Å². The van der Waals surface area contributed by atoms with E-state index < -0.39 is 9.85 Å². The molecule has 0 bridgehead atoms. The maximum absolute atomic E-state index is 11.9. The van der Waals surface area contributed by atoms with Gasteiger partial charge in [0, 0.05) is 12.1 Å². The molecule has 0 aliphatic heterocycles. The first-order valence-electron chi connectivity index (χ1n) is 10.2. The fourth-order valence-electron chi connectivity index (χ4n) is 3.89. The number of fused-ring (bicyclic) bond motifs is 1. The zero-order valence-corrected chi connectivity index (χ0v) is 17.2. The van der Waals surface area contributed by atoms with Gasteiger partial charge in [-0.2, -0.15) is 0 Å². The van der Waals surface area contributed by atoms with Gasteiger partial charge >= 0.3 is 0 Å². The molecular formula is C25H21N3O4. The van der Waals surface area contributed by atoms with E-state index in [-0.39, 0.29) is 22.1 Å². The summed E-state index contributed by atoms with van der Waals surface area (Å²) in [6, 6.07) is 25.7. The number of rotatable bonds is 8.